The van der Waals surface area contributed by atoms with Gasteiger partial charge < -0.3 is 5.11 Å². The Morgan fingerprint density at radius 1 is 1.25 bits per heavy atom. The number of tetrazole rings is 1. The van der Waals surface area contributed by atoms with Crippen molar-refractivity contribution in [2.75, 3.05) is 0 Å². The molecule has 0 radical (unpaired) electrons. The summed E-state index contributed by atoms with van der Waals surface area (Å²) in [6.07, 6.45) is 4.56. The van der Waals surface area contributed by atoms with E-state index in [9.17, 15) is 4.79 Å². The molecule has 20 heavy (non-hydrogen) atoms. The van der Waals surface area contributed by atoms with Crippen LogP contribution in [0, 0.1) is 0 Å². The molecule has 0 aromatic carbocycles. The molecular weight excluding hydrogens is 280 g/mol. The van der Waals surface area contributed by atoms with Crippen molar-refractivity contribution in [1.82, 2.24) is 30.4 Å². The molecule has 0 amide bonds. The first-order valence-corrected chi connectivity index (χ1v) is 7.08. The van der Waals surface area contributed by atoms with Crippen molar-refractivity contribution >= 4 is 17.7 Å². The lowest BCUT2D eigenvalue weighted by molar-refractivity contribution is 0.0689. The van der Waals surface area contributed by atoms with Crippen molar-refractivity contribution in [3.63, 3.8) is 0 Å². The molecule has 0 spiro atoms. The molecule has 0 aliphatic heterocycles. The van der Waals surface area contributed by atoms with Crippen LogP contribution >= 0.6 is 11.8 Å². The van der Waals surface area contributed by atoms with E-state index in [0.29, 0.717) is 16.2 Å². The second-order valence-corrected chi connectivity index (χ2v) is 5.50. The van der Waals surface area contributed by atoms with E-state index < -0.39 is 5.97 Å². The van der Waals surface area contributed by atoms with E-state index in [1.165, 1.54) is 30.7 Å². The average Bonchev–Trinajstić information content (AvgIpc) is 3.09. The highest BCUT2D eigenvalue weighted by Crippen LogP contribution is 2.32. The predicted octanol–water partition coefficient (Wildman–Crippen LogP) is 1.43. The van der Waals surface area contributed by atoms with Crippen LogP contribution in [0.2, 0.25) is 0 Å². The topological polar surface area (TPSA) is 107 Å². The maximum absolute atomic E-state index is 10.7. The van der Waals surface area contributed by atoms with Crippen LogP contribution in [0.3, 0.4) is 0 Å². The molecule has 1 fully saturated rings. The maximum atomic E-state index is 10.7. The number of rotatable bonds is 4. The third kappa shape index (κ3) is 2.62. The molecule has 0 unspecified atom stereocenters. The summed E-state index contributed by atoms with van der Waals surface area (Å²) in [6, 6.07) is 3.37. The molecule has 1 aliphatic rings. The van der Waals surface area contributed by atoms with Gasteiger partial charge in [-0.3, -0.25) is 0 Å². The molecule has 0 bridgehead atoms. The molecular formula is C11H12N6O2S. The van der Waals surface area contributed by atoms with E-state index in [0.717, 1.165) is 12.8 Å². The third-order valence-electron chi connectivity index (χ3n) is 3.19. The molecule has 1 N–H and O–H groups in total. The summed E-state index contributed by atoms with van der Waals surface area (Å²) in [5, 5.41) is 29.2. The Bertz CT molecular complexity index is 608. The van der Waals surface area contributed by atoms with Crippen LogP contribution in [0.25, 0.3) is 0 Å². The highest BCUT2D eigenvalue weighted by Gasteiger charge is 2.22. The Morgan fingerprint density at radius 3 is 2.70 bits per heavy atom. The molecule has 8 nitrogen and oxygen atoms in total. The average molecular weight is 292 g/mol. The zero-order valence-corrected chi connectivity index (χ0v) is 11.3. The zero-order valence-electron chi connectivity index (χ0n) is 10.5. The Morgan fingerprint density at radius 2 is 2.05 bits per heavy atom. The summed E-state index contributed by atoms with van der Waals surface area (Å²) in [5.74, 6) is -1.09. The van der Waals surface area contributed by atoms with Crippen LogP contribution in [0.5, 0.6) is 0 Å². The van der Waals surface area contributed by atoms with Crippen LogP contribution in [0.15, 0.2) is 22.3 Å². The number of aromatic carboxylic acids is 1. The van der Waals surface area contributed by atoms with Gasteiger partial charge in [0.2, 0.25) is 5.16 Å². The molecule has 0 atom stereocenters. The summed E-state index contributed by atoms with van der Waals surface area (Å²) >= 11 is 1.29. The summed E-state index contributed by atoms with van der Waals surface area (Å²) in [4.78, 5) is 10.7. The van der Waals surface area contributed by atoms with E-state index >= 15 is 0 Å². The number of hydrogen-bond donors (Lipinski definition) is 1. The van der Waals surface area contributed by atoms with Crippen LogP contribution in [-0.2, 0) is 0 Å². The largest absolute Gasteiger partial charge is 0.476 e. The lowest BCUT2D eigenvalue weighted by atomic mass is 10.3. The van der Waals surface area contributed by atoms with Crippen LogP contribution < -0.4 is 0 Å². The molecule has 2 aromatic rings. The van der Waals surface area contributed by atoms with Gasteiger partial charge in [0.1, 0.15) is 5.03 Å². The Labute approximate surface area is 118 Å². The van der Waals surface area contributed by atoms with Gasteiger partial charge >= 0.3 is 5.97 Å². The maximum Gasteiger partial charge on any atom is 0.356 e. The van der Waals surface area contributed by atoms with E-state index in [1.54, 1.807) is 6.07 Å². The van der Waals surface area contributed by atoms with E-state index in [-0.39, 0.29) is 5.69 Å². The lowest BCUT2D eigenvalue weighted by Crippen LogP contribution is -2.08. The second-order valence-electron chi connectivity index (χ2n) is 4.51. The minimum Gasteiger partial charge on any atom is -0.476 e. The highest BCUT2D eigenvalue weighted by molar-refractivity contribution is 7.99. The summed E-state index contributed by atoms with van der Waals surface area (Å²) in [6.45, 7) is 0. The van der Waals surface area contributed by atoms with Gasteiger partial charge in [0, 0.05) is 0 Å². The van der Waals surface area contributed by atoms with Gasteiger partial charge in [0.05, 0.1) is 6.04 Å². The molecule has 1 saturated carbocycles. The van der Waals surface area contributed by atoms with Gasteiger partial charge in [-0.15, -0.1) is 15.3 Å². The number of carboxylic acids is 1. The Balaban J connectivity index is 1.77. The smallest absolute Gasteiger partial charge is 0.356 e. The minimum atomic E-state index is -1.09. The normalized spacial score (nSPS) is 15.6. The third-order valence-corrected chi connectivity index (χ3v) is 4.07. The van der Waals surface area contributed by atoms with Crippen molar-refractivity contribution in [2.24, 2.45) is 0 Å². The van der Waals surface area contributed by atoms with E-state index in [1.807, 2.05) is 4.68 Å². The monoisotopic (exact) mass is 292 g/mol. The molecule has 104 valence electrons. The number of nitrogens with zero attached hydrogens (tertiary/aromatic N) is 6. The van der Waals surface area contributed by atoms with Crippen molar-refractivity contribution in [1.29, 1.82) is 0 Å². The summed E-state index contributed by atoms with van der Waals surface area (Å²) in [7, 11) is 0. The summed E-state index contributed by atoms with van der Waals surface area (Å²) in [5.41, 5.74) is -0.0789. The fraction of sp³-hybridized carbons (Fsp3) is 0.455. The quantitative estimate of drug-likeness (QED) is 0.901. The first-order chi connectivity index (χ1) is 9.74. The van der Waals surface area contributed by atoms with Gasteiger partial charge in [-0.05, 0) is 47.2 Å². The van der Waals surface area contributed by atoms with Crippen molar-refractivity contribution in [3.8, 4) is 0 Å². The van der Waals surface area contributed by atoms with Crippen LogP contribution in [0.4, 0.5) is 0 Å². The SMILES string of the molecule is O=C(O)c1ccc(Sc2nnnn2C2CCCC2)nn1. The molecule has 9 heteroatoms. The molecule has 0 saturated heterocycles. The fourth-order valence-electron chi connectivity index (χ4n) is 2.21. The van der Waals surface area contributed by atoms with Crippen LogP contribution in [0.1, 0.15) is 42.2 Å². The van der Waals surface area contributed by atoms with Crippen molar-refractivity contribution in [2.45, 2.75) is 41.9 Å². The van der Waals surface area contributed by atoms with E-state index in [2.05, 4.69) is 25.7 Å². The first kappa shape index (κ1) is 13.0. The minimum absolute atomic E-state index is 0.0789. The Hall–Kier alpha value is -2.03. The van der Waals surface area contributed by atoms with Gasteiger partial charge in [-0.1, -0.05) is 12.8 Å². The molecule has 2 aromatic heterocycles. The fourth-order valence-corrected chi connectivity index (χ4v) is 2.97. The van der Waals surface area contributed by atoms with Gasteiger partial charge in [0.15, 0.2) is 5.69 Å². The number of carboxylic acid groups (broad SMARTS) is 1. The predicted molar refractivity (Wildman–Crippen MR) is 68.4 cm³/mol. The van der Waals surface area contributed by atoms with Gasteiger partial charge in [-0.2, -0.15) is 0 Å². The highest BCUT2D eigenvalue weighted by atomic mass is 32.2. The number of hydrogen-bond acceptors (Lipinski definition) is 7. The van der Waals surface area contributed by atoms with Gasteiger partial charge in [-0.25, -0.2) is 9.48 Å². The molecule has 3 rings (SSSR count). The van der Waals surface area contributed by atoms with Crippen LogP contribution in [-0.4, -0.2) is 41.5 Å². The summed E-state index contributed by atoms with van der Waals surface area (Å²) < 4.78 is 1.82. The van der Waals surface area contributed by atoms with Crippen molar-refractivity contribution in [3.05, 3.63) is 17.8 Å². The lowest BCUT2D eigenvalue weighted by Gasteiger charge is -2.10. The molecule has 1 aliphatic carbocycles. The zero-order chi connectivity index (χ0) is 13.9. The molecule has 2 heterocycles. The second kappa shape index (κ2) is 5.53. The van der Waals surface area contributed by atoms with Gasteiger partial charge in [0.25, 0.3) is 0 Å². The van der Waals surface area contributed by atoms with Crippen molar-refractivity contribution < 1.29 is 9.90 Å². The number of carbonyl (C=O) groups is 1. The first-order valence-electron chi connectivity index (χ1n) is 6.27. The Kier molecular flexibility index (Phi) is 3.59. The number of aromatic nitrogens is 6. The standard InChI is InChI=1S/C11H12N6O2S/c18-10(19)8-5-6-9(13-12-8)20-11-14-15-16-17(11)7-3-1-2-4-7/h5-7H,1-4H2,(H,18,19). The van der Waals surface area contributed by atoms with E-state index in [4.69, 9.17) is 5.11 Å².